The maximum Gasteiger partial charge on any atom is 0.407 e. The fourth-order valence-electron chi connectivity index (χ4n) is 3.98. The minimum absolute atomic E-state index is 0.239. The fraction of sp³-hybridized carbons (Fsp3) is 0.375. The molecule has 7 nitrogen and oxygen atoms in total. The molecule has 0 radical (unpaired) electrons. The van der Waals surface area contributed by atoms with Crippen LogP contribution < -0.4 is 10.2 Å². The molecule has 0 aliphatic carbocycles. The molecule has 1 aliphatic heterocycles. The Morgan fingerprint density at radius 1 is 1.19 bits per heavy atom. The van der Waals surface area contributed by atoms with Crippen molar-refractivity contribution in [2.24, 2.45) is 5.92 Å². The maximum atomic E-state index is 13.1. The number of amides is 1. The average molecular weight is 438 g/mol. The van der Waals surface area contributed by atoms with Gasteiger partial charge in [0.1, 0.15) is 23.4 Å². The minimum atomic E-state index is -0.414. The molecule has 8 heteroatoms. The lowest BCUT2D eigenvalue weighted by atomic mass is 9.93. The number of nitrogens with zero attached hydrogens (tertiary/aromatic N) is 3. The Morgan fingerprint density at radius 2 is 1.94 bits per heavy atom. The molecule has 3 heterocycles. The molecule has 3 aromatic rings. The molecular weight excluding hydrogens is 409 g/mol. The van der Waals surface area contributed by atoms with Crippen LogP contribution in [-0.4, -0.2) is 40.9 Å². The molecule has 32 heavy (non-hydrogen) atoms. The zero-order valence-electron chi connectivity index (χ0n) is 18.1. The number of aromatic nitrogens is 3. The van der Waals surface area contributed by atoms with Crippen molar-refractivity contribution in [1.29, 1.82) is 0 Å². The van der Waals surface area contributed by atoms with E-state index >= 15 is 0 Å². The summed E-state index contributed by atoms with van der Waals surface area (Å²) in [5.41, 5.74) is 2.63. The number of hydrogen-bond acceptors (Lipinski definition) is 5. The van der Waals surface area contributed by atoms with Crippen molar-refractivity contribution in [2.75, 3.05) is 24.5 Å². The molecule has 1 atom stereocenters. The normalized spacial score (nSPS) is 15.4. The van der Waals surface area contributed by atoms with E-state index in [9.17, 15) is 9.18 Å². The number of hydrogen-bond donors (Lipinski definition) is 2. The van der Waals surface area contributed by atoms with Crippen molar-refractivity contribution in [3.8, 4) is 11.1 Å². The summed E-state index contributed by atoms with van der Waals surface area (Å²) in [4.78, 5) is 18.9. The number of halogens is 1. The molecule has 2 aromatic heterocycles. The molecule has 1 amide bonds. The Hall–Kier alpha value is -3.42. The van der Waals surface area contributed by atoms with Crippen molar-refractivity contribution in [3.63, 3.8) is 0 Å². The van der Waals surface area contributed by atoms with Crippen LogP contribution in [0.15, 0.2) is 54.9 Å². The summed E-state index contributed by atoms with van der Waals surface area (Å²) in [5.74, 6) is 1.29. The van der Waals surface area contributed by atoms with Gasteiger partial charge >= 0.3 is 6.09 Å². The van der Waals surface area contributed by atoms with Crippen LogP contribution in [0.1, 0.15) is 38.0 Å². The number of rotatable bonds is 7. The van der Waals surface area contributed by atoms with E-state index in [4.69, 9.17) is 4.74 Å². The number of carbonyl (C=O) groups excluding carboxylic acids is 1. The van der Waals surface area contributed by atoms with Gasteiger partial charge in [-0.3, -0.25) is 5.10 Å². The van der Waals surface area contributed by atoms with Gasteiger partial charge < -0.3 is 15.0 Å². The first-order valence-corrected chi connectivity index (χ1v) is 11.0. The highest BCUT2D eigenvalue weighted by Gasteiger charge is 2.20. The van der Waals surface area contributed by atoms with Gasteiger partial charge in [-0.05, 0) is 68.0 Å². The second-order valence-electron chi connectivity index (χ2n) is 8.10. The van der Waals surface area contributed by atoms with Crippen molar-refractivity contribution < 1.29 is 13.9 Å². The molecule has 1 saturated heterocycles. The zero-order chi connectivity index (χ0) is 22.3. The fourth-order valence-corrected chi connectivity index (χ4v) is 3.98. The smallest absolute Gasteiger partial charge is 0.407 e. The summed E-state index contributed by atoms with van der Waals surface area (Å²) in [6.45, 7) is 4.27. The summed E-state index contributed by atoms with van der Waals surface area (Å²) in [6, 6.07) is 12.3. The quantitative estimate of drug-likeness (QED) is 0.560. The molecule has 0 spiro atoms. The van der Waals surface area contributed by atoms with Gasteiger partial charge in [0.25, 0.3) is 0 Å². The van der Waals surface area contributed by atoms with Crippen LogP contribution >= 0.6 is 0 Å². The lowest BCUT2D eigenvalue weighted by Gasteiger charge is -2.33. The SMILES string of the molecule is CC(OC(=O)NCCC1CCN(c2ccc(-c3ccc(F)cc3)cn2)CC1)c1cc[nH]n1. The van der Waals surface area contributed by atoms with Gasteiger partial charge in [0, 0.05) is 37.6 Å². The van der Waals surface area contributed by atoms with Crippen molar-refractivity contribution in [1.82, 2.24) is 20.5 Å². The first kappa shape index (κ1) is 21.8. The number of ether oxygens (including phenoxy) is 1. The average Bonchev–Trinajstić information content (AvgIpc) is 3.36. The van der Waals surface area contributed by atoms with Crippen molar-refractivity contribution >= 4 is 11.9 Å². The van der Waals surface area contributed by atoms with E-state index in [0.29, 0.717) is 18.2 Å². The van der Waals surface area contributed by atoms with E-state index in [0.717, 1.165) is 49.3 Å². The van der Waals surface area contributed by atoms with Gasteiger partial charge in [0.15, 0.2) is 0 Å². The number of piperidine rings is 1. The highest BCUT2D eigenvalue weighted by molar-refractivity contribution is 5.67. The van der Waals surface area contributed by atoms with Crippen molar-refractivity contribution in [2.45, 2.75) is 32.3 Å². The second kappa shape index (κ2) is 10.3. The Balaban J connectivity index is 1.18. The minimum Gasteiger partial charge on any atom is -0.440 e. The van der Waals surface area contributed by atoms with Gasteiger partial charge in [-0.1, -0.05) is 12.1 Å². The topological polar surface area (TPSA) is 83.1 Å². The predicted octanol–water partition coefficient (Wildman–Crippen LogP) is 4.70. The molecular formula is C24H28FN5O2. The number of carbonyl (C=O) groups is 1. The van der Waals surface area contributed by atoms with Crippen LogP contribution in [0.25, 0.3) is 11.1 Å². The van der Waals surface area contributed by atoms with Crippen molar-refractivity contribution in [3.05, 3.63) is 66.4 Å². The summed E-state index contributed by atoms with van der Waals surface area (Å²) < 4.78 is 18.4. The van der Waals surface area contributed by atoms with Gasteiger partial charge in [0.2, 0.25) is 0 Å². The van der Waals surface area contributed by atoms with Crippen LogP contribution in [0.5, 0.6) is 0 Å². The first-order chi connectivity index (χ1) is 15.6. The number of H-pyrrole nitrogens is 1. The monoisotopic (exact) mass is 437 g/mol. The van der Waals surface area contributed by atoms with Crippen LogP contribution in [0, 0.1) is 11.7 Å². The van der Waals surface area contributed by atoms with Crippen LogP contribution in [0.2, 0.25) is 0 Å². The summed E-state index contributed by atoms with van der Waals surface area (Å²) in [5, 5.41) is 9.58. The molecule has 1 fully saturated rings. The summed E-state index contributed by atoms with van der Waals surface area (Å²) >= 11 is 0. The third-order valence-corrected chi connectivity index (χ3v) is 5.91. The first-order valence-electron chi connectivity index (χ1n) is 11.0. The molecule has 168 valence electrons. The highest BCUT2D eigenvalue weighted by Crippen LogP contribution is 2.26. The number of pyridine rings is 1. The molecule has 4 rings (SSSR count). The number of benzene rings is 1. The van der Waals surface area contributed by atoms with Gasteiger partial charge in [0.05, 0.1) is 0 Å². The van der Waals surface area contributed by atoms with E-state index in [1.165, 1.54) is 12.1 Å². The zero-order valence-corrected chi connectivity index (χ0v) is 18.1. The Labute approximate surface area is 187 Å². The molecule has 1 aromatic carbocycles. The summed E-state index contributed by atoms with van der Waals surface area (Å²) in [6.07, 6.45) is 5.79. The van der Waals surface area contributed by atoms with E-state index in [1.807, 2.05) is 18.3 Å². The van der Waals surface area contributed by atoms with E-state index in [-0.39, 0.29) is 11.9 Å². The van der Waals surface area contributed by atoms with Gasteiger partial charge in [-0.25, -0.2) is 14.2 Å². The largest absolute Gasteiger partial charge is 0.440 e. The molecule has 0 saturated carbocycles. The lowest BCUT2D eigenvalue weighted by Crippen LogP contribution is -2.35. The van der Waals surface area contributed by atoms with Crippen LogP contribution in [-0.2, 0) is 4.74 Å². The predicted molar refractivity (Wildman–Crippen MR) is 121 cm³/mol. The van der Waals surface area contributed by atoms with Crippen LogP contribution in [0.4, 0.5) is 15.0 Å². The third kappa shape index (κ3) is 5.63. The summed E-state index contributed by atoms with van der Waals surface area (Å²) in [7, 11) is 0. The maximum absolute atomic E-state index is 13.1. The Kier molecular flexibility index (Phi) is 6.99. The molecule has 1 aliphatic rings. The van der Waals surface area contributed by atoms with E-state index in [2.05, 4.69) is 25.4 Å². The number of aromatic amines is 1. The number of anilines is 1. The van der Waals surface area contributed by atoms with E-state index < -0.39 is 6.09 Å². The third-order valence-electron chi connectivity index (χ3n) is 5.91. The van der Waals surface area contributed by atoms with Crippen LogP contribution in [0.3, 0.4) is 0 Å². The molecule has 1 unspecified atom stereocenters. The van der Waals surface area contributed by atoms with E-state index in [1.54, 1.807) is 31.3 Å². The number of alkyl carbamates (subject to hydrolysis) is 1. The lowest BCUT2D eigenvalue weighted by molar-refractivity contribution is 0.104. The second-order valence-corrected chi connectivity index (χ2v) is 8.10. The standard InChI is InChI=1S/C24H28FN5O2/c1-17(22-9-13-28-29-22)32-24(31)26-12-8-18-10-14-30(15-11-18)23-7-4-20(16-27-23)19-2-5-21(25)6-3-19/h2-7,9,13,16-18H,8,10-12,14-15H2,1H3,(H,26,31)(H,28,29). The van der Waals surface area contributed by atoms with Gasteiger partial charge in [-0.15, -0.1) is 0 Å². The number of nitrogens with one attached hydrogen (secondary N) is 2. The Bertz CT molecular complexity index is 984. The Morgan fingerprint density at radius 3 is 2.59 bits per heavy atom. The highest BCUT2D eigenvalue weighted by atomic mass is 19.1. The van der Waals surface area contributed by atoms with Gasteiger partial charge in [-0.2, -0.15) is 5.10 Å². The molecule has 2 N–H and O–H groups in total. The molecule has 0 bridgehead atoms.